The van der Waals surface area contributed by atoms with Gasteiger partial charge in [0.05, 0.1) is 13.2 Å². The number of hydrogen-bond donors (Lipinski definition) is 0. The summed E-state index contributed by atoms with van der Waals surface area (Å²) in [5.74, 6) is -8.52. The average molecular weight is 483 g/mol. The van der Waals surface area contributed by atoms with E-state index < -0.39 is 58.9 Å². The molecule has 3 rings (SSSR count). The van der Waals surface area contributed by atoms with Crippen LogP contribution >= 0.6 is 0 Å². The first-order valence-corrected chi connectivity index (χ1v) is 11.2. The zero-order valence-electron chi connectivity index (χ0n) is 15.1. The second-order valence-corrected chi connectivity index (χ2v) is 10.7. The van der Waals surface area contributed by atoms with Crippen molar-refractivity contribution in [3.8, 4) is 0 Å². The molecule has 30 heavy (non-hydrogen) atoms. The average Bonchev–Trinajstić information content (AvgIpc) is 3.10. The molecule has 0 atom stereocenters. The number of sulfonamides is 2. The van der Waals surface area contributed by atoms with Crippen LogP contribution in [0.3, 0.4) is 0 Å². The Balaban J connectivity index is 2.03. The van der Waals surface area contributed by atoms with E-state index in [9.17, 15) is 43.2 Å². The van der Waals surface area contributed by atoms with E-state index in [4.69, 9.17) is 9.47 Å². The van der Waals surface area contributed by atoms with Crippen LogP contribution in [0.1, 0.15) is 17.5 Å². The molecule has 2 saturated heterocycles. The number of benzene rings is 1. The van der Waals surface area contributed by atoms with Crippen LogP contribution in [0.15, 0.2) is 24.3 Å². The highest BCUT2D eigenvalue weighted by atomic mass is 32.3. The minimum atomic E-state index is -6.72. The lowest BCUT2D eigenvalue weighted by Gasteiger charge is -2.41. The molecule has 2 heterocycles. The summed E-state index contributed by atoms with van der Waals surface area (Å²) in [6, 6.07) is 6.08. The molecule has 0 aliphatic carbocycles. The van der Waals surface area contributed by atoms with Crippen LogP contribution in [-0.2, 0) is 35.3 Å². The molecule has 0 radical (unpaired) electrons. The number of nitrogens with zero attached hydrogens (tertiary/aromatic N) is 1. The van der Waals surface area contributed by atoms with Crippen LogP contribution in [0.25, 0.3) is 0 Å². The van der Waals surface area contributed by atoms with E-state index in [1.165, 1.54) is 12.1 Å². The molecule has 0 N–H and O–H groups in total. The first kappa shape index (κ1) is 23.2. The van der Waals surface area contributed by atoms with Crippen molar-refractivity contribution in [2.24, 2.45) is 0 Å². The normalized spacial score (nSPS) is 28.2. The summed E-state index contributed by atoms with van der Waals surface area (Å²) in [4.78, 5) is 0. The number of hydrogen-bond acceptors (Lipinski definition) is 6. The molecule has 2 aliphatic rings. The van der Waals surface area contributed by atoms with Crippen molar-refractivity contribution in [1.82, 2.24) is 3.71 Å². The van der Waals surface area contributed by atoms with Gasteiger partial charge in [0.15, 0.2) is 5.79 Å². The first-order chi connectivity index (χ1) is 13.5. The highest BCUT2D eigenvalue weighted by Gasteiger charge is 2.88. The van der Waals surface area contributed by atoms with Crippen LogP contribution in [0.5, 0.6) is 0 Å². The summed E-state index contributed by atoms with van der Waals surface area (Å²) >= 11 is 0. The number of ether oxygens (including phenoxy) is 2. The molecule has 2 fully saturated rings. The lowest BCUT2D eigenvalue weighted by Crippen LogP contribution is -2.71. The lowest BCUT2D eigenvalue weighted by molar-refractivity contribution is -0.249. The van der Waals surface area contributed by atoms with Crippen molar-refractivity contribution in [3.63, 3.8) is 0 Å². The third-order valence-corrected chi connectivity index (χ3v) is 9.21. The Kier molecular flexibility index (Phi) is 5.26. The summed E-state index contributed by atoms with van der Waals surface area (Å²) in [7, 11) is -13.4. The third-order valence-electron chi connectivity index (χ3n) is 4.78. The Bertz CT molecular complexity index is 988. The van der Waals surface area contributed by atoms with Crippen LogP contribution in [0, 0.1) is 6.92 Å². The SMILES string of the molecule is Cc1ccc(C2(CCN3S(=O)(=O)C(F)(F)C(F)(F)C(F)(F)S3(=O)=O)OCCO2)cc1. The van der Waals surface area contributed by atoms with Gasteiger partial charge in [0, 0.05) is 18.5 Å². The van der Waals surface area contributed by atoms with E-state index in [0.717, 1.165) is 5.56 Å². The molecule has 0 spiro atoms. The van der Waals surface area contributed by atoms with Gasteiger partial charge in [-0.2, -0.15) is 26.3 Å². The Morgan fingerprint density at radius 3 is 1.73 bits per heavy atom. The molecule has 0 amide bonds. The molecule has 1 aromatic rings. The number of rotatable bonds is 4. The Labute approximate surface area is 167 Å². The fourth-order valence-corrected chi connectivity index (χ4v) is 6.81. The van der Waals surface area contributed by atoms with E-state index in [-0.39, 0.29) is 18.8 Å². The molecule has 0 aromatic heterocycles. The molecule has 0 unspecified atom stereocenters. The second-order valence-electron chi connectivity index (χ2n) is 6.68. The highest BCUT2D eigenvalue weighted by molar-refractivity contribution is 8.05. The van der Waals surface area contributed by atoms with Gasteiger partial charge in [-0.1, -0.05) is 33.5 Å². The zero-order chi connectivity index (χ0) is 22.8. The molecule has 1 aromatic carbocycles. The van der Waals surface area contributed by atoms with Crippen LogP contribution in [-0.4, -0.2) is 56.7 Å². The largest absolute Gasteiger partial charge is 0.429 e. The standard InChI is InChI=1S/C15H15F6NO6S2/c1-10-2-4-11(5-3-10)12(27-8-9-28-12)6-7-22-29(23,24)14(18,19)13(16,17)15(20,21)30(22,25)26/h2-5H,6-9H2,1H3. The lowest BCUT2D eigenvalue weighted by atomic mass is 10.0. The molecule has 7 nitrogen and oxygen atoms in total. The van der Waals surface area contributed by atoms with E-state index in [0.29, 0.717) is 0 Å². The van der Waals surface area contributed by atoms with Gasteiger partial charge in [0.25, 0.3) is 20.0 Å². The maximum atomic E-state index is 13.8. The summed E-state index contributed by atoms with van der Waals surface area (Å²) in [5.41, 5.74) is 1.01. The summed E-state index contributed by atoms with van der Waals surface area (Å²) < 4.78 is 140. The fraction of sp³-hybridized carbons (Fsp3) is 0.600. The molecule has 15 heteroatoms. The van der Waals surface area contributed by atoms with Gasteiger partial charge in [-0.3, -0.25) is 0 Å². The quantitative estimate of drug-likeness (QED) is 0.611. The van der Waals surface area contributed by atoms with Crippen molar-refractivity contribution in [3.05, 3.63) is 35.4 Å². The third kappa shape index (κ3) is 2.89. The van der Waals surface area contributed by atoms with Crippen LogP contribution in [0.4, 0.5) is 26.3 Å². The maximum absolute atomic E-state index is 13.8. The van der Waals surface area contributed by atoms with E-state index in [1.54, 1.807) is 19.1 Å². The predicted molar refractivity (Wildman–Crippen MR) is 88.8 cm³/mol. The van der Waals surface area contributed by atoms with Crippen LogP contribution < -0.4 is 0 Å². The van der Waals surface area contributed by atoms with Crippen molar-refractivity contribution in [1.29, 1.82) is 0 Å². The van der Waals surface area contributed by atoms with Crippen molar-refractivity contribution >= 4 is 20.0 Å². The predicted octanol–water partition coefficient (Wildman–Crippen LogP) is 2.38. The van der Waals surface area contributed by atoms with Gasteiger partial charge in [-0.25, -0.2) is 16.8 Å². The zero-order valence-corrected chi connectivity index (χ0v) is 16.8. The van der Waals surface area contributed by atoms with Crippen molar-refractivity contribution in [2.45, 2.75) is 35.6 Å². The number of alkyl halides is 6. The summed E-state index contributed by atoms with van der Waals surface area (Å²) in [6.45, 7) is 0.0688. The monoisotopic (exact) mass is 483 g/mol. The Morgan fingerprint density at radius 2 is 1.30 bits per heavy atom. The fourth-order valence-electron chi connectivity index (χ4n) is 3.07. The van der Waals surface area contributed by atoms with Crippen molar-refractivity contribution in [2.75, 3.05) is 19.8 Å². The molecular formula is C15H15F6NO6S2. The molecule has 2 aliphatic heterocycles. The number of halogens is 6. The van der Waals surface area contributed by atoms with E-state index >= 15 is 0 Å². The van der Waals surface area contributed by atoms with Gasteiger partial charge >= 0.3 is 16.4 Å². The van der Waals surface area contributed by atoms with Gasteiger partial charge in [-0.05, 0) is 6.92 Å². The van der Waals surface area contributed by atoms with Gasteiger partial charge in [-0.15, -0.1) is 0 Å². The van der Waals surface area contributed by atoms with Crippen molar-refractivity contribution < 1.29 is 52.7 Å². The van der Waals surface area contributed by atoms with E-state index in [2.05, 4.69) is 0 Å². The minimum Gasteiger partial charge on any atom is -0.343 e. The molecule has 0 saturated carbocycles. The smallest absolute Gasteiger partial charge is 0.343 e. The highest BCUT2D eigenvalue weighted by Crippen LogP contribution is 2.57. The Morgan fingerprint density at radius 1 is 0.867 bits per heavy atom. The molecule has 170 valence electrons. The molecular weight excluding hydrogens is 468 g/mol. The van der Waals surface area contributed by atoms with Gasteiger partial charge < -0.3 is 9.47 Å². The maximum Gasteiger partial charge on any atom is 0.429 e. The topological polar surface area (TPSA) is 90.0 Å². The summed E-state index contributed by atoms with van der Waals surface area (Å²) in [5, 5.41) is -12.7. The van der Waals surface area contributed by atoms with Gasteiger partial charge in [0.2, 0.25) is 0 Å². The Hall–Kier alpha value is -1.42. The second kappa shape index (κ2) is 6.79. The number of aryl methyl sites for hydroxylation is 1. The first-order valence-electron chi connectivity index (χ1n) is 8.30. The summed E-state index contributed by atoms with van der Waals surface area (Å²) in [6.07, 6.45) is -0.841. The minimum absolute atomic E-state index is 0.0578. The van der Waals surface area contributed by atoms with Crippen LogP contribution in [0.2, 0.25) is 0 Å². The van der Waals surface area contributed by atoms with Gasteiger partial charge in [0.1, 0.15) is 0 Å². The van der Waals surface area contributed by atoms with E-state index in [1.807, 2.05) is 0 Å². The molecule has 0 bridgehead atoms.